The van der Waals surface area contributed by atoms with Crippen LogP contribution >= 0.6 is 0 Å². The number of rotatable bonds is 5. The summed E-state index contributed by atoms with van der Waals surface area (Å²) in [5, 5.41) is 14.8. The lowest BCUT2D eigenvalue weighted by atomic mass is 10.0. The predicted octanol–water partition coefficient (Wildman–Crippen LogP) is 1.49. The Morgan fingerprint density at radius 1 is 0.893 bits per heavy atom. The van der Waals surface area contributed by atoms with Crippen molar-refractivity contribution >= 4 is 23.5 Å². The molecule has 0 bridgehead atoms. The molecule has 2 aromatic carbocycles. The second-order valence-corrected chi connectivity index (χ2v) is 6.21. The first-order valence-electron chi connectivity index (χ1n) is 8.42. The first kappa shape index (κ1) is 22.7. The number of benzene rings is 2. The number of hydrogen-bond donors (Lipinski definition) is 3. The topological polar surface area (TPSA) is 124 Å². The summed E-state index contributed by atoms with van der Waals surface area (Å²) in [5.74, 6) is -3.70. The second kappa shape index (κ2) is 10.7. The van der Waals surface area contributed by atoms with Crippen molar-refractivity contribution in [2.45, 2.75) is 6.54 Å². The number of nitrogens with zero attached hydrogens (tertiary/aromatic N) is 2. The van der Waals surface area contributed by atoms with E-state index < -0.39 is 11.9 Å². The maximum Gasteiger partial charge on any atom is 0.414 e. The quantitative estimate of drug-likeness (QED) is 0.664. The van der Waals surface area contributed by atoms with Gasteiger partial charge in [-0.15, -0.1) is 0 Å². The summed E-state index contributed by atoms with van der Waals surface area (Å²) >= 11 is 0. The van der Waals surface area contributed by atoms with Crippen molar-refractivity contribution < 1.29 is 24.6 Å². The van der Waals surface area contributed by atoms with Gasteiger partial charge in [-0.25, -0.2) is 9.59 Å². The zero-order chi connectivity index (χ0) is 21.3. The number of amides is 1. The van der Waals surface area contributed by atoms with E-state index in [9.17, 15) is 4.79 Å². The van der Waals surface area contributed by atoms with Gasteiger partial charge in [0, 0.05) is 33.4 Å². The van der Waals surface area contributed by atoms with Crippen molar-refractivity contribution in [3.63, 3.8) is 0 Å². The van der Waals surface area contributed by atoms with Crippen molar-refractivity contribution in [1.29, 1.82) is 0 Å². The summed E-state index contributed by atoms with van der Waals surface area (Å²) in [5.41, 5.74) is 9.98. The molecule has 0 saturated carbocycles. The number of likely N-dealkylation sites (N-methyl/N-ethyl adjacent to an activating group) is 1. The summed E-state index contributed by atoms with van der Waals surface area (Å²) in [6, 6.07) is 16.7. The zero-order valence-electron chi connectivity index (χ0n) is 16.1. The first-order chi connectivity index (χ1) is 13.1. The van der Waals surface area contributed by atoms with Crippen LogP contribution in [0.5, 0.6) is 0 Å². The Morgan fingerprint density at radius 3 is 1.93 bits per heavy atom. The standard InChI is InChI=1S/C18H23N3O.C2H2O4/c1-20(2)17-9-7-15(8-10-17)16-6-4-5-14(11-16)13-21(3)18(22)12-19;3-1(4)2(5)6/h4-11H,12-13,19H2,1-3H3;(H,3,4)(H,5,6). The highest BCUT2D eigenvalue weighted by atomic mass is 16.4. The van der Waals surface area contributed by atoms with Crippen molar-refractivity contribution in [3.8, 4) is 11.1 Å². The molecule has 8 nitrogen and oxygen atoms in total. The van der Waals surface area contributed by atoms with Gasteiger partial charge in [0.1, 0.15) is 0 Å². The van der Waals surface area contributed by atoms with Gasteiger partial charge in [-0.2, -0.15) is 0 Å². The van der Waals surface area contributed by atoms with Gasteiger partial charge < -0.3 is 25.7 Å². The molecule has 0 saturated heterocycles. The monoisotopic (exact) mass is 387 g/mol. The predicted molar refractivity (Wildman–Crippen MR) is 107 cm³/mol. The Bertz CT molecular complexity index is 807. The second-order valence-electron chi connectivity index (χ2n) is 6.21. The van der Waals surface area contributed by atoms with Crippen LogP contribution in [0.1, 0.15) is 5.56 Å². The van der Waals surface area contributed by atoms with E-state index in [0.29, 0.717) is 6.54 Å². The van der Waals surface area contributed by atoms with Crippen molar-refractivity contribution in [1.82, 2.24) is 4.90 Å². The number of carboxylic acids is 2. The smallest absolute Gasteiger partial charge is 0.414 e. The minimum Gasteiger partial charge on any atom is -0.473 e. The lowest BCUT2D eigenvalue weighted by Gasteiger charge is -2.17. The third-order valence-corrected chi connectivity index (χ3v) is 3.85. The molecule has 0 aliphatic rings. The largest absolute Gasteiger partial charge is 0.473 e. The summed E-state index contributed by atoms with van der Waals surface area (Å²) in [7, 11) is 5.83. The molecular weight excluding hydrogens is 362 g/mol. The number of carbonyl (C=O) groups excluding carboxylic acids is 1. The molecule has 4 N–H and O–H groups in total. The highest BCUT2D eigenvalue weighted by molar-refractivity contribution is 6.27. The zero-order valence-corrected chi connectivity index (χ0v) is 16.1. The lowest BCUT2D eigenvalue weighted by molar-refractivity contribution is -0.159. The van der Waals surface area contributed by atoms with Crippen LogP contribution in [-0.4, -0.2) is 60.6 Å². The molecule has 2 aromatic rings. The summed E-state index contributed by atoms with van der Waals surface area (Å²) in [6.07, 6.45) is 0. The SMILES string of the molecule is CN(Cc1cccc(-c2ccc(N(C)C)cc2)c1)C(=O)CN.O=C(O)C(=O)O. The number of carbonyl (C=O) groups is 3. The van der Waals surface area contributed by atoms with E-state index in [4.69, 9.17) is 25.5 Å². The maximum atomic E-state index is 11.6. The fraction of sp³-hybridized carbons (Fsp3) is 0.250. The molecule has 0 aliphatic carbocycles. The van der Waals surface area contributed by atoms with E-state index in [-0.39, 0.29) is 12.5 Å². The fourth-order valence-corrected chi connectivity index (χ4v) is 2.32. The van der Waals surface area contributed by atoms with Crippen LogP contribution in [0.4, 0.5) is 5.69 Å². The lowest BCUT2D eigenvalue weighted by Crippen LogP contribution is -2.32. The number of nitrogens with two attached hydrogens (primary N) is 1. The van der Waals surface area contributed by atoms with E-state index in [1.807, 2.05) is 26.2 Å². The molecule has 0 aliphatic heterocycles. The molecule has 1 amide bonds. The van der Waals surface area contributed by atoms with E-state index in [0.717, 1.165) is 11.1 Å². The average molecular weight is 387 g/mol. The van der Waals surface area contributed by atoms with Crippen LogP contribution in [0.3, 0.4) is 0 Å². The molecule has 0 fully saturated rings. The third-order valence-electron chi connectivity index (χ3n) is 3.85. The summed E-state index contributed by atoms with van der Waals surface area (Å²) < 4.78 is 0. The highest BCUT2D eigenvalue weighted by Crippen LogP contribution is 2.23. The van der Waals surface area contributed by atoms with Crippen molar-refractivity contribution in [2.24, 2.45) is 5.73 Å². The van der Waals surface area contributed by atoms with Crippen LogP contribution in [0.15, 0.2) is 48.5 Å². The van der Waals surface area contributed by atoms with Crippen LogP contribution < -0.4 is 10.6 Å². The fourth-order valence-electron chi connectivity index (χ4n) is 2.32. The molecule has 0 spiro atoms. The first-order valence-corrected chi connectivity index (χ1v) is 8.42. The van der Waals surface area contributed by atoms with Gasteiger partial charge in [-0.3, -0.25) is 4.79 Å². The maximum absolute atomic E-state index is 11.6. The van der Waals surface area contributed by atoms with Gasteiger partial charge in [0.05, 0.1) is 6.54 Å². The molecule has 28 heavy (non-hydrogen) atoms. The molecule has 2 rings (SSSR count). The van der Waals surface area contributed by atoms with Gasteiger partial charge in [0.15, 0.2) is 0 Å². The summed E-state index contributed by atoms with van der Waals surface area (Å²) in [4.78, 5) is 33.5. The number of anilines is 1. The highest BCUT2D eigenvalue weighted by Gasteiger charge is 2.08. The van der Waals surface area contributed by atoms with Gasteiger partial charge in [0.25, 0.3) is 0 Å². The normalized spacial score (nSPS) is 9.71. The number of aliphatic carboxylic acids is 2. The van der Waals surface area contributed by atoms with Gasteiger partial charge in [0.2, 0.25) is 5.91 Å². The van der Waals surface area contributed by atoms with Crippen molar-refractivity contribution in [3.05, 3.63) is 54.1 Å². The van der Waals surface area contributed by atoms with Gasteiger partial charge in [-0.05, 0) is 34.9 Å². The Morgan fingerprint density at radius 2 is 1.46 bits per heavy atom. The minimum absolute atomic E-state index is 0.0438. The Hall–Kier alpha value is -3.39. The molecule has 0 radical (unpaired) electrons. The average Bonchev–Trinajstić information content (AvgIpc) is 2.68. The molecular formula is C20H25N3O5. The van der Waals surface area contributed by atoms with Crippen LogP contribution in [0.25, 0.3) is 11.1 Å². The van der Waals surface area contributed by atoms with Crippen LogP contribution in [-0.2, 0) is 20.9 Å². The summed E-state index contributed by atoms with van der Waals surface area (Å²) in [6.45, 7) is 0.613. The molecule has 0 unspecified atom stereocenters. The Labute approximate surface area is 163 Å². The molecule has 0 heterocycles. The van der Waals surface area contributed by atoms with Gasteiger partial charge >= 0.3 is 11.9 Å². The van der Waals surface area contributed by atoms with E-state index in [1.54, 1.807) is 11.9 Å². The van der Waals surface area contributed by atoms with Crippen molar-refractivity contribution in [2.75, 3.05) is 32.6 Å². The Kier molecular flexibility index (Phi) is 8.64. The molecule has 0 aromatic heterocycles. The van der Waals surface area contributed by atoms with Crippen LogP contribution in [0, 0.1) is 0 Å². The Balaban J connectivity index is 0.000000568. The van der Waals surface area contributed by atoms with E-state index in [2.05, 4.69) is 41.3 Å². The third kappa shape index (κ3) is 7.08. The molecule has 150 valence electrons. The van der Waals surface area contributed by atoms with E-state index >= 15 is 0 Å². The van der Waals surface area contributed by atoms with E-state index in [1.165, 1.54) is 11.3 Å². The number of carboxylic acid groups (broad SMARTS) is 2. The molecule has 8 heteroatoms. The minimum atomic E-state index is -1.82. The number of hydrogen-bond acceptors (Lipinski definition) is 5. The van der Waals surface area contributed by atoms with Crippen LogP contribution in [0.2, 0.25) is 0 Å². The molecule has 0 atom stereocenters. The van der Waals surface area contributed by atoms with Gasteiger partial charge in [-0.1, -0.05) is 30.3 Å².